The number of aryl methyl sites for hydroxylation is 1. The smallest absolute Gasteiger partial charge is 0.0468 e. The fourth-order valence-electron chi connectivity index (χ4n) is 2.43. The van der Waals surface area contributed by atoms with Crippen LogP contribution in [0.4, 0.5) is 0 Å². The van der Waals surface area contributed by atoms with Gasteiger partial charge in [0.1, 0.15) is 0 Å². The summed E-state index contributed by atoms with van der Waals surface area (Å²) in [5.74, 6) is 0. The summed E-state index contributed by atoms with van der Waals surface area (Å²) in [4.78, 5) is 0. The third kappa shape index (κ3) is 3.99. The van der Waals surface area contributed by atoms with Crippen LogP contribution >= 0.6 is 23.2 Å². The maximum absolute atomic E-state index is 6.27. The van der Waals surface area contributed by atoms with E-state index in [9.17, 15) is 0 Å². The lowest BCUT2D eigenvalue weighted by molar-refractivity contribution is 0.527. The van der Waals surface area contributed by atoms with Crippen molar-refractivity contribution in [3.8, 4) is 0 Å². The van der Waals surface area contributed by atoms with Crippen molar-refractivity contribution in [2.24, 2.45) is 0 Å². The van der Waals surface area contributed by atoms with Crippen LogP contribution < -0.4 is 5.32 Å². The molecule has 0 saturated heterocycles. The minimum atomic E-state index is 0.194. The van der Waals surface area contributed by atoms with E-state index in [0.717, 1.165) is 34.9 Å². The zero-order valence-corrected chi connectivity index (χ0v) is 13.1. The first-order valence-electron chi connectivity index (χ1n) is 6.87. The molecule has 106 valence electrons. The van der Waals surface area contributed by atoms with E-state index in [1.165, 1.54) is 5.56 Å². The third-order valence-electron chi connectivity index (χ3n) is 3.50. The molecule has 0 bridgehead atoms. The summed E-state index contributed by atoms with van der Waals surface area (Å²) < 4.78 is 0. The second-order valence-electron chi connectivity index (χ2n) is 4.85. The molecule has 20 heavy (non-hydrogen) atoms. The van der Waals surface area contributed by atoms with Crippen LogP contribution in [0.1, 0.15) is 30.0 Å². The Bertz CT molecular complexity index is 520. The second-order valence-corrected chi connectivity index (χ2v) is 5.67. The van der Waals surface area contributed by atoms with Crippen LogP contribution in [0.15, 0.2) is 48.5 Å². The first-order chi connectivity index (χ1) is 9.72. The minimum Gasteiger partial charge on any atom is -0.313 e. The van der Waals surface area contributed by atoms with Gasteiger partial charge in [-0.15, -0.1) is 0 Å². The van der Waals surface area contributed by atoms with Gasteiger partial charge in [-0.25, -0.2) is 0 Å². The molecule has 0 radical (unpaired) electrons. The molecule has 1 nitrogen and oxygen atoms in total. The molecule has 2 aromatic rings. The maximum atomic E-state index is 6.27. The van der Waals surface area contributed by atoms with Gasteiger partial charge in [0.15, 0.2) is 0 Å². The van der Waals surface area contributed by atoms with Gasteiger partial charge in [-0.05, 0) is 44.0 Å². The van der Waals surface area contributed by atoms with Crippen LogP contribution in [-0.4, -0.2) is 7.05 Å². The summed E-state index contributed by atoms with van der Waals surface area (Å²) in [6, 6.07) is 16.4. The van der Waals surface area contributed by atoms with Gasteiger partial charge in [0.2, 0.25) is 0 Å². The number of benzene rings is 2. The van der Waals surface area contributed by atoms with Crippen LogP contribution in [0.25, 0.3) is 0 Å². The Morgan fingerprint density at radius 2 is 1.60 bits per heavy atom. The number of hydrogen-bond donors (Lipinski definition) is 1. The molecule has 1 N–H and O–H groups in total. The molecule has 0 saturated carbocycles. The van der Waals surface area contributed by atoms with Gasteiger partial charge in [-0.3, -0.25) is 0 Å². The largest absolute Gasteiger partial charge is 0.313 e. The molecule has 1 atom stereocenters. The number of hydrogen-bond acceptors (Lipinski definition) is 1. The lowest BCUT2D eigenvalue weighted by atomic mass is 9.99. The van der Waals surface area contributed by atoms with Crippen molar-refractivity contribution in [2.45, 2.75) is 25.3 Å². The predicted molar refractivity (Wildman–Crippen MR) is 87.6 cm³/mol. The topological polar surface area (TPSA) is 12.0 Å². The molecule has 1 unspecified atom stereocenters. The maximum Gasteiger partial charge on any atom is 0.0468 e. The quantitative estimate of drug-likeness (QED) is 0.766. The standard InChI is InChI=1S/C17H19Cl2N/c1-20-16(17-14(18)10-6-11-15(17)19)12-5-9-13-7-3-2-4-8-13/h2-4,6-8,10-11,16,20H,5,9,12H2,1H3. The average Bonchev–Trinajstić information content (AvgIpc) is 2.46. The lowest BCUT2D eigenvalue weighted by Gasteiger charge is -2.19. The molecule has 0 aliphatic rings. The van der Waals surface area contributed by atoms with E-state index in [0.29, 0.717) is 0 Å². The van der Waals surface area contributed by atoms with Gasteiger partial charge >= 0.3 is 0 Å². The Balaban J connectivity index is 1.99. The summed E-state index contributed by atoms with van der Waals surface area (Å²) >= 11 is 12.5. The van der Waals surface area contributed by atoms with Gasteiger partial charge in [-0.1, -0.05) is 59.6 Å². The van der Waals surface area contributed by atoms with Crippen LogP contribution in [0.5, 0.6) is 0 Å². The fourth-order valence-corrected chi connectivity index (χ4v) is 3.09. The Hall–Kier alpha value is -1.02. The Labute approximate surface area is 130 Å². The molecular formula is C17H19Cl2N. The zero-order valence-electron chi connectivity index (χ0n) is 11.6. The highest BCUT2D eigenvalue weighted by atomic mass is 35.5. The SMILES string of the molecule is CNC(CCCc1ccccc1)c1c(Cl)cccc1Cl. The summed E-state index contributed by atoms with van der Waals surface area (Å²) in [7, 11) is 1.95. The Morgan fingerprint density at radius 3 is 2.20 bits per heavy atom. The van der Waals surface area contributed by atoms with E-state index < -0.39 is 0 Å². The normalized spacial score (nSPS) is 12.3. The van der Waals surface area contributed by atoms with Crippen molar-refractivity contribution < 1.29 is 0 Å². The molecule has 2 rings (SSSR count). The molecule has 2 aromatic carbocycles. The van der Waals surface area contributed by atoms with Crippen LogP contribution in [0.2, 0.25) is 10.0 Å². The second kappa shape index (κ2) is 7.68. The van der Waals surface area contributed by atoms with Crippen LogP contribution in [0, 0.1) is 0 Å². The van der Waals surface area contributed by atoms with Crippen molar-refractivity contribution >= 4 is 23.2 Å². The Morgan fingerprint density at radius 1 is 0.950 bits per heavy atom. The highest BCUT2D eigenvalue weighted by Gasteiger charge is 2.15. The van der Waals surface area contributed by atoms with E-state index in [2.05, 4.69) is 29.6 Å². The molecule has 0 aliphatic carbocycles. The van der Waals surface area contributed by atoms with Gasteiger partial charge in [0, 0.05) is 21.7 Å². The highest BCUT2D eigenvalue weighted by molar-refractivity contribution is 6.36. The van der Waals surface area contributed by atoms with Crippen LogP contribution in [0.3, 0.4) is 0 Å². The van der Waals surface area contributed by atoms with Gasteiger partial charge < -0.3 is 5.32 Å². The fraction of sp³-hybridized carbons (Fsp3) is 0.294. The summed E-state index contributed by atoms with van der Waals surface area (Å²) in [6.45, 7) is 0. The van der Waals surface area contributed by atoms with Crippen molar-refractivity contribution in [1.82, 2.24) is 5.32 Å². The van der Waals surface area contributed by atoms with E-state index >= 15 is 0 Å². The number of nitrogens with one attached hydrogen (secondary N) is 1. The Kier molecular flexibility index (Phi) is 5.90. The molecule has 0 aromatic heterocycles. The number of halogens is 2. The van der Waals surface area contributed by atoms with Gasteiger partial charge in [0.25, 0.3) is 0 Å². The van der Waals surface area contributed by atoms with E-state index in [4.69, 9.17) is 23.2 Å². The van der Waals surface area contributed by atoms with Crippen molar-refractivity contribution in [3.05, 3.63) is 69.7 Å². The third-order valence-corrected chi connectivity index (χ3v) is 4.16. The summed E-state index contributed by atoms with van der Waals surface area (Å²) in [5, 5.41) is 4.78. The first kappa shape index (κ1) is 15.4. The van der Waals surface area contributed by atoms with Crippen molar-refractivity contribution in [2.75, 3.05) is 7.05 Å². The molecule has 0 amide bonds. The van der Waals surface area contributed by atoms with Crippen molar-refractivity contribution in [3.63, 3.8) is 0 Å². The highest BCUT2D eigenvalue weighted by Crippen LogP contribution is 2.32. The molecule has 0 heterocycles. The lowest BCUT2D eigenvalue weighted by Crippen LogP contribution is -2.17. The predicted octanol–water partition coefficient (Wildman–Crippen LogP) is 5.28. The zero-order chi connectivity index (χ0) is 14.4. The van der Waals surface area contributed by atoms with Crippen LogP contribution in [-0.2, 0) is 6.42 Å². The monoisotopic (exact) mass is 307 g/mol. The summed E-state index contributed by atoms with van der Waals surface area (Å²) in [6.07, 6.45) is 3.17. The van der Waals surface area contributed by atoms with Crippen molar-refractivity contribution in [1.29, 1.82) is 0 Å². The van der Waals surface area contributed by atoms with E-state index in [1.54, 1.807) is 0 Å². The minimum absolute atomic E-state index is 0.194. The molecule has 0 fully saturated rings. The summed E-state index contributed by atoms with van der Waals surface area (Å²) in [5.41, 5.74) is 2.37. The molecule has 3 heteroatoms. The van der Waals surface area contributed by atoms with E-state index in [1.807, 2.05) is 31.3 Å². The first-order valence-corrected chi connectivity index (χ1v) is 7.63. The molecular weight excluding hydrogens is 289 g/mol. The molecule has 0 spiro atoms. The number of rotatable bonds is 6. The average molecular weight is 308 g/mol. The van der Waals surface area contributed by atoms with Gasteiger partial charge in [-0.2, -0.15) is 0 Å². The van der Waals surface area contributed by atoms with E-state index in [-0.39, 0.29) is 6.04 Å². The van der Waals surface area contributed by atoms with Gasteiger partial charge in [0.05, 0.1) is 0 Å². The molecule has 0 aliphatic heterocycles.